The van der Waals surface area contributed by atoms with E-state index < -0.39 is 42.0 Å². The molecule has 2 fully saturated rings. The van der Waals surface area contributed by atoms with Gasteiger partial charge in [0.25, 0.3) is 5.91 Å². The highest BCUT2D eigenvalue weighted by atomic mass is 32.2. The van der Waals surface area contributed by atoms with Gasteiger partial charge in [0.05, 0.1) is 6.04 Å². The molecule has 7 nitrogen and oxygen atoms in total. The molecule has 4 rings (SSSR count). The lowest BCUT2D eigenvalue weighted by Crippen LogP contribution is -2.70. The van der Waals surface area contributed by atoms with Crippen molar-refractivity contribution in [2.24, 2.45) is 5.92 Å². The number of amides is 2. The Morgan fingerprint density at radius 2 is 1.96 bits per heavy atom. The molecule has 1 aromatic heterocycles. The molecule has 1 N–H and O–H groups in total. The van der Waals surface area contributed by atoms with Crippen LogP contribution in [0.25, 0.3) is 0 Å². The third kappa shape index (κ3) is 2.84. The van der Waals surface area contributed by atoms with Gasteiger partial charge in [-0.3, -0.25) is 19.5 Å². The number of aromatic nitrogens is 1. The van der Waals surface area contributed by atoms with Crippen LogP contribution in [0.15, 0.2) is 40.7 Å². The average molecular weight is 413 g/mol. The minimum Gasteiger partial charge on any atom is -0.477 e. The lowest BCUT2D eigenvalue weighted by molar-refractivity contribution is -0.190. The fourth-order valence-corrected chi connectivity index (χ4v) is 5.05. The van der Waals surface area contributed by atoms with Gasteiger partial charge in [0.2, 0.25) is 0 Å². The first-order valence-corrected chi connectivity index (χ1v) is 9.37. The second-order valence-electron chi connectivity index (χ2n) is 6.79. The molecule has 3 atom stereocenters. The van der Waals surface area contributed by atoms with E-state index in [0.29, 0.717) is 10.5 Å². The minimum absolute atomic E-state index is 0.176. The third-order valence-electron chi connectivity index (χ3n) is 5.22. The van der Waals surface area contributed by atoms with Crippen LogP contribution < -0.4 is 0 Å². The van der Waals surface area contributed by atoms with Crippen LogP contribution in [0.1, 0.15) is 6.42 Å². The van der Waals surface area contributed by atoms with Crippen LogP contribution in [0.4, 0.5) is 13.2 Å². The van der Waals surface area contributed by atoms with Gasteiger partial charge < -0.3 is 10.0 Å². The molecule has 0 aliphatic carbocycles. The number of rotatable bonds is 4. The average Bonchev–Trinajstić information content (AvgIpc) is 3.00. The van der Waals surface area contributed by atoms with Gasteiger partial charge in [-0.25, -0.2) is 4.79 Å². The van der Waals surface area contributed by atoms with Crippen molar-refractivity contribution >= 4 is 29.5 Å². The highest BCUT2D eigenvalue weighted by Gasteiger charge is 2.66. The molecule has 28 heavy (non-hydrogen) atoms. The number of aliphatic carboxylic acids is 1. The van der Waals surface area contributed by atoms with Gasteiger partial charge in [-0.2, -0.15) is 13.2 Å². The molecule has 0 bridgehead atoms. The molecule has 3 aliphatic rings. The molecule has 2 saturated heterocycles. The molecule has 0 radical (unpaired) electrons. The molecule has 2 amide bonds. The number of alkyl halides is 3. The molecule has 0 saturated carbocycles. The zero-order valence-corrected chi connectivity index (χ0v) is 15.0. The zero-order valence-electron chi connectivity index (χ0n) is 14.2. The Hall–Kier alpha value is -2.56. The standard InChI is InChI=1S/C17H14F3N3O4S/c18-17(19,20)16(27)22-6-8-5-9(7-28-10-1-3-21-4-2-10)12(15(25)26)23-11(8)13(22)14(23)24/h1-4,8,11,13H,5-7H2,(H,25,26)/t8-,11-,13+/m1/s1. The summed E-state index contributed by atoms with van der Waals surface area (Å²) in [5.41, 5.74) is 0.300. The van der Waals surface area contributed by atoms with E-state index in [9.17, 15) is 32.7 Å². The number of carboxylic acid groups (broad SMARTS) is 1. The fourth-order valence-electron chi connectivity index (χ4n) is 4.14. The first kappa shape index (κ1) is 18.8. The second-order valence-corrected chi connectivity index (χ2v) is 7.84. The van der Waals surface area contributed by atoms with Crippen LogP contribution in [0.3, 0.4) is 0 Å². The summed E-state index contributed by atoms with van der Waals surface area (Å²) in [5.74, 6) is -4.25. The van der Waals surface area contributed by atoms with E-state index in [1.54, 1.807) is 24.5 Å². The lowest BCUT2D eigenvalue weighted by Gasteiger charge is -2.49. The summed E-state index contributed by atoms with van der Waals surface area (Å²) in [4.78, 5) is 42.3. The van der Waals surface area contributed by atoms with Crippen molar-refractivity contribution in [3.05, 3.63) is 35.8 Å². The Labute approximate surface area is 161 Å². The number of hydrogen-bond acceptors (Lipinski definition) is 5. The Morgan fingerprint density at radius 1 is 1.29 bits per heavy atom. The van der Waals surface area contributed by atoms with Crippen LogP contribution in [0, 0.1) is 5.92 Å². The lowest BCUT2D eigenvalue weighted by atomic mass is 9.79. The first-order chi connectivity index (χ1) is 13.2. The van der Waals surface area contributed by atoms with E-state index in [4.69, 9.17) is 0 Å². The second kappa shape index (κ2) is 6.50. The Bertz CT molecular complexity index is 889. The molecule has 1 aromatic rings. The minimum atomic E-state index is -5.07. The molecule has 0 spiro atoms. The molecule has 0 aromatic carbocycles. The number of hydrogen-bond donors (Lipinski definition) is 1. The normalized spacial score (nSPS) is 26.2. The Kier molecular flexibility index (Phi) is 4.36. The summed E-state index contributed by atoms with van der Waals surface area (Å²) >= 11 is 1.35. The number of likely N-dealkylation sites (tertiary alicyclic amines) is 1. The van der Waals surface area contributed by atoms with Crippen molar-refractivity contribution in [2.45, 2.75) is 29.6 Å². The van der Waals surface area contributed by atoms with Gasteiger partial charge in [-0.05, 0) is 24.1 Å². The number of carboxylic acids is 1. The summed E-state index contributed by atoms with van der Waals surface area (Å²) in [7, 11) is 0. The van der Waals surface area contributed by atoms with E-state index in [2.05, 4.69) is 4.98 Å². The number of β-lactam (4-membered cyclic amide) rings is 1. The number of halogens is 3. The van der Waals surface area contributed by atoms with E-state index >= 15 is 0 Å². The predicted molar refractivity (Wildman–Crippen MR) is 89.9 cm³/mol. The van der Waals surface area contributed by atoms with Crippen molar-refractivity contribution in [1.29, 1.82) is 0 Å². The largest absolute Gasteiger partial charge is 0.477 e. The first-order valence-electron chi connectivity index (χ1n) is 8.39. The van der Waals surface area contributed by atoms with E-state index in [1.807, 2.05) is 0 Å². The molecular formula is C17H14F3N3O4S. The predicted octanol–water partition coefficient (Wildman–Crippen LogP) is 1.52. The summed E-state index contributed by atoms with van der Waals surface area (Å²) < 4.78 is 38.6. The molecule has 4 heterocycles. The van der Waals surface area contributed by atoms with Crippen molar-refractivity contribution in [3.8, 4) is 0 Å². The van der Waals surface area contributed by atoms with Crippen molar-refractivity contribution in [1.82, 2.24) is 14.8 Å². The number of carbonyl (C=O) groups is 3. The summed E-state index contributed by atoms with van der Waals surface area (Å²) in [6.07, 6.45) is -1.66. The SMILES string of the molecule is O=C(O)C1=C(CSc2ccncc2)C[C@@H]2CN(C(=O)C(F)(F)F)[C@@H]3C(=O)N1[C@H]23. The maximum atomic E-state index is 12.9. The van der Waals surface area contributed by atoms with Crippen LogP contribution >= 0.6 is 11.8 Å². The van der Waals surface area contributed by atoms with Crippen LogP contribution in [0.2, 0.25) is 0 Å². The quantitative estimate of drug-likeness (QED) is 0.595. The summed E-state index contributed by atoms with van der Waals surface area (Å²) in [6, 6.07) is 1.56. The Balaban J connectivity index is 1.60. The third-order valence-corrected chi connectivity index (χ3v) is 6.31. The number of thioether (sulfide) groups is 1. The van der Waals surface area contributed by atoms with E-state index in [0.717, 1.165) is 9.80 Å². The van der Waals surface area contributed by atoms with Gasteiger partial charge in [-0.1, -0.05) is 0 Å². The molecular weight excluding hydrogens is 399 g/mol. The molecule has 148 valence electrons. The van der Waals surface area contributed by atoms with Gasteiger partial charge in [0, 0.05) is 35.5 Å². The van der Waals surface area contributed by atoms with Crippen molar-refractivity contribution in [2.75, 3.05) is 12.3 Å². The van der Waals surface area contributed by atoms with E-state index in [-0.39, 0.29) is 24.4 Å². The number of nitrogens with zero attached hydrogens (tertiary/aromatic N) is 3. The van der Waals surface area contributed by atoms with Gasteiger partial charge in [0.1, 0.15) is 11.7 Å². The molecule has 3 aliphatic heterocycles. The maximum Gasteiger partial charge on any atom is 0.471 e. The molecule has 11 heteroatoms. The smallest absolute Gasteiger partial charge is 0.471 e. The highest BCUT2D eigenvalue weighted by Crippen LogP contribution is 2.48. The molecule has 0 unspecified atom stereocenters. The number of carbonyl (C=O) groups excluding carboxylic acids is 2. The van der Waals surface area contributed by atoms with Crippen molar-refractivity contribution < 1.29 is 32.7 Å². The van der Waals surface area contributed by atoms with E-state index in [1.165, 1.54) is 11.8 Å². The van der Waals surface area contributed by atoms with Gasteiger partial charge in [0.15, 0.2) is 0 Å². The van der Waals surface area contributed by atoms with Crippen LogP contribution in [0.5, 0.6) is 0 Å². The maximum absolute atomic E-state index is 12.9. The monoisotopic (exact) mass is 413 g/mol. The van der Waals surface area contributed by atoms with Crippen LogP contribution in [-0.4, -0.2) is 68.2 Å². The zero-order chi connectivity index (χ0) is 20.2. The van der Waals surface area contributed by atoms with Gasteiger partial charge >= 0.3 is 18.1 Å². The summed E-state index contributed by atoms with van der Waals surface area (Å²) in [6.45, 7) is -0.216. The fraction of sp³-hybridized carbons (Fsp3) is 0.412. The topological polar surface area (TPSA) is 90.8 Å². The van der Waals surface area contributed by atoms with Crippen LogP contribution in [-0.2, 0) is 14.4 Å². The summed E-state index contributed by atoms with van der Waals surface area (Å²) in [5, 5.41) is 9.61. The Morgan fingerprint density at radius 3 is 2.57 bits per heavy atom. The number of pyridine rings is 1. The highest BCUT2D eigenvalue weighted by molar-refractivity contribution is 7.99. The van der Waals surface area contributed by atoms with Crippen molar-refractivity contribution in [3.63, 3.8) is 0 Å². The van der Waals surface area contributed by atoms with Gasteiger partial charge in [-0.15, -0.1) is 11.8 Å².